The minimum atomic E-state index is -0.117. The molecule has 2 aromatic carbocycles. The number of hydrogen-bond acceptors (Lipinski definition) is 4. The summed E-state index contributed by atoms with van der Waals surface area (Å²) < 4.78 is 8.36. The van der Waals surface area contributed by atoms with Crippen LogP contribution < -0.4 is 10.2 Å². The van der Waals surface area contributed by atoms with Crippen molar-refractivity contribution in [1.29, 1.82) is 0 Å². The van der Waals surface area contributed by atoms with Crippen molar-refractivity contribution in [2.75, 3.05) is 0 Å². The van der Waals surface area contributed by atoms with Crippen molar-refractivity contribution < 1.29 is 4.74 Å². The SMILES string of the molecule is CC(C)c1cc(=O)c2nc(Oc3ccc4c5cc(C(C)(C)C)ccc5n(-c5ccccn5)c4c3)ccc2[nH]1. The van der Waals surface area contributed by atoms with Gasteiger partial charge in [-0.25, -0.2) is 9.97 Å². The van der Waals surface area contributed by atoms with E-state index >= 15 is 0 Å². The summed E-state index contributed by atoms with van der Waals surface area (Å²) in [5.41, 5.74) is 5.22. The van der Waals surface area contributed by atoms with E-state index in [9.17, 15) is 4.79 Å². The molecule has 4 aromatic heterocycles. The number of H-pyrrole nitrogens is 1. The van der Waals surface area contributed by atoms with Crippen LogP contribution in [0.25, 0.3) is 38.7 Å². The van der Waals surface area contributed by atoms with Crippen LogP contribution in [0.3, 0.4) is 0 Å². The standard InChI is InChI=1S/C32H30N4O2/c1-19(2)25-18-28(37)31-24(34-25)12-14-30(35-31)38-21-10-11-22-23-16-20(32(3,4)5)9-13-26(23)36(27(22)17-21)29-8-6-7-15-33-29/h6-19H,1-5H3,(H,34,37). The highest BCUT2D eigenvalue weighted by Gasteiger charge is 2.19. The molecule has 190 valence electrons. The van der Waals surface area contributed by atoms with E-state index in [2.05, 4.69) is 64.6 Å². The third kappa shape index (κ3) is 4.12. The topological polar surface area (TPSA) is 72.8 Å². The summed E-state index contributed by atoms with van der Waals surface area (Å²) in [5.74, 6) is 2.07. The van der Waals surface area contributed by atoms with Gasteiger partial charge in [0.1, 0.15) is 17.1 Å². The minimum absolute atomic E-state index is 0.0339. The van der Waals surface area contributed by atoms with Crippen LogP contribution in [-0.2, 0) is 5.41 Å². The number of ether oxygens (including phenoxy) is 1. The molecule has 0 aliphatic heterocycles. The molecule has 38 heavy (non-hydrogen) atoms. The second kappa shape index (κ2) is 8.84. The maximum atomic E-state index is 12.7. The van der Waals surface area contributed by atoms with Crippen molar-refractivity contribution in [3.05, 3.63) is 100 Å². The van der Waals surface area contributed by atoms with E-state index in [1.165, 1.54) is 10.9 Å². The van der Waals surface area contributed by atoms with Gasteiger partial charge in [0.2, 0.25) is 11.3 Å². The third-order valence-corrected chi connectivity index (χ3v) is 7.00. The van der Waals surface area contributed by atoms with Gasteiger partial charge in [0.25, 0.3) is 0 Å². The maximum absolute atomic E-state index is 12.7. The third-order valence-electron chi connectivity index (χ3n) is 7.00. The fourth-order valence-electron chi connectivity index (χ4n) is 4.88. The van der Waals surface area contributed by atoms with Crippen LogP contribution in [0.1, 0.15) is 51.8 Å². The summed E-state index contributed by atoms with van der Waals surface area (Å²) in [6, 6.07) is 23.9. The highest BCUT2D eigenvalue weighted by Crippen LogP contribution is 2.37. The Bertz CT molecular complexity index is 1880. The van der Waals surface area contributed by atoms with Crippen LogP contribution in [0, 0.1) is 0 Å². The molecule has 0 saturated carbocycles. The Balaban J connectivity index is 1.49. The molecule has 0 atom stereocenters. The fraction of sp³-hybridized carbons (Fsp3) is 0.219. The lowest BCUT2D eigenvalue weighted by Gasteiger charge is -2.19. The van der Waals surface area contributed by atoms with Gasteiger partial charge in [-0.05, 0) is 59.4 Å². The summed E-state index contributed by atoms with van der Waals surface area (Å²) in [5, 5.41) is 2.29. The molecule has 4 heterocycles. The van der Waals surface area contributed by atoms with E-state index in [-0.39, 0.29) is 16.8 Å². The molecule has 6 heteroatoms. The highest BCUT2D eigenvalue weighted by atomic mass is 16.5. The van der Waals surface area contributed by atoms with Crippen LogP contribution in [0.15, 0.2) is 83.8 Å². The number of nitrogens with one attached hydrogen (secondary N) is 1. The van der Waals surface area contributed by atoms with Gasteiger partial charge in [0.15, 0.2) is 0 Å². The minimum Gasteiger partial charge on any atom is -0.439 e. The quantitative estimate of drug-likeness (QED) is 0.269. The first-order valence-corrected chi connectivity index (χ1v) is 12.9. The first-order valence-electron chi connectivity index (χ1n) is 12.9. The Hall–Kier alpha value is -4.45. The van der Waals surface area contributed by atoms with Crippen molar-refractivity contribution in [1.82, 2.24) is 19.5 Å². The van der Waals surface area contributed by atoms with Crippen LogP contribution in [0.2, 0.25) is 0 Å². The van der Waals surface area contributed by atoms with Gasteiger partial charge in [-0.1, -0.05) is 46.8 Å². The number of aromatic amines is 1. The lowest BCUT2D eigenvalue weighted by atomic mass is 9.86. The number of fused-ring (bicyclic) bond motifs is 4. The molecular formula is C32H30N4O2. The maximum Gasteiger partial charge on any atom is 0.220 e. The summed E-state index contributed by atoms with van der Waals surface area (Å²) in [7, 11) is 0. The van der Waals surface area contributed by atoms with Crippen LogP contribution in [0.4, 0.5) is 0 Å². The van der Waals surface area contributed by atoms with E-state index in [1.807, 2.05) is 50.2 Å². The van der Waals surface area contributed by atoms with E-state index in [1.54, 1.807) is 18.3 Å². The van der Waals surface area contributed by atoms with Crippen molar-refractivity contribution in [3.63, 3.8) is 0 Å². The van der Waals surface area contributed by atoms with Crippen molar-refractivity contribution in [3.8, 4) is 17.4 Å². The second-order valence-corrected chi connectivity index (χ2v) is 11.1. The predicted molar refractivity (Wildman–Crippen MR) is 154 cm³/mol. The zero-order chi connectivity index (χ0) is 26.6. The number of hydrogen-bond donors (Lipinski definition) is 1. The molecule has 0 aliphatic carbocycles. The second-order valence-electron chi connectivity index (χ2n) is 11.1. The van der Waals surface area contributed by atoms with E-state index in [0.717, 1.165) is 27.9 Å². The van der Waals surface area contributed by atoms with Crippen molar-refractivity contribution in [2.24, 2.45) is 0 Å². The summed E-state index contributed by atoms with van der Waals surface area (Å²) in [6.07, 6.45) is 1.80. The Morgan fingerprint density at radius 2 is 1.74 bits per heavy atom. The molecule has 0 saturated heterocycles. The monoisotopic (exact) mass is 502 g/mol. The molecule has 6 nitrogen and oxygen atoms in total. The molecular weight excluding hydrogens is 472 g/mol. The normalized spacial score (nSPS) is 12.2. The van der Waals surface area contributed by atoms with Crippen LogP contribution in [0.5, 0.6) is 11.6 Å². The van der Waals surface area contributed by atoms with Crippen molar-refractivity contribution >= 4 is 32.8 Å². The Kier molecular flexibility index (Phi) is 5.56. The van der Waals surface area contributed by atoms with Gasteiger partial charge in [-0.3, -0.25) is 9.36 Å². The van der Waals surface area contributed by atoms with Gasteiger partial charge in [-0.15, -0.1) is 0 Å². The molecule has 0 unspecified atom stereocenters. The van der Waals surface area contributed by atoms with E-state index < -0.39 is 0 Å². The average molecular weight is 503 g/mol. The molecule has 6 rings (SSSR count). The van der Waals surface area contributed by atoms with Gasteiger partial charge < -0.3 is 9.72 Å². The molecule has 1 N–H and O–H groups in total. The summed E-state index contributed by atoms with van der Waals surface area (Å²) >= 11 is 0. The van der Waals surface area contributed by atoms with Gasteiger partial charge >= 0.3 is 0 Å². The Morgan fingerprint density at radius 1 is 0.895 bits per heavy atom. The van der Waals surface area contributed by atoms with Crippen LogP contribution >= 0.6 is 0 Å². The molecule has 0 radical (unpaired) electrons. The van der Waals surface area contributed by atoms with Gasteiger partial charge in [0.05, 0.1) is 16.6 Å². The zero-order valence-electron chi connectivity index (χ0n) is 22.2. The molecule has 0 fully saturated rings. The van der Waals surface area contributed by atoms with Crippen molar-refractivity contribution in [2.45, 2.75) is 46.0 Å². The van der Waals surface area contributed by atoms with Gasteiger partial charge in [0, 0.05) is 40.9 Å². The fourth-order valence-corrected chi connectivity index (χ4v) is 4.88. The highest BCUT2D eigenvalue weighted by molar-refractivity contribution is 6.09. The number of nitrogens with zero attached hydrogens (tertiary/aromatic N) is 3. The largest absolute Gasteiger partial charge is 0.439 e. The number of benzene rings is 2. The average Bonchev–Trinajstić information content (AvgIpc) is 3.22. The zero-order valence-corrected chi connectivity index (χ0v) is 22.2. The molecule has 6 aromatic rings. The summed E-state index contributed by atoms with van der Waals surface area (Å²) in [4.78, 5) is 25.2. The first kappa shape index (κ1) is 23.9. The smallest absolute Gasteiger partial charge is 0.220 e. The molecule has 0 spiro atoms. The van der Waals surface area contributed by atoms with Crippen LogP contribution in [-0.4, -0.2) is 19.5 Å². The van der Waals surface area contributed by atoms with Gasteiger partial charge in [-0.2, -0.15) is 0 Å². The lowest BCUT2D eigenvalue weighted by Crippen LogP contribution is -2.10. The number of rotatable bonds is 4. The van der Waals surface area contributed by atoms with E-state index in [4.69, 9.17) is 4.74 Å². The van der Waals surface area contributed by atoms with E-state index in [0.29, 0.717) is 22.7 Å². The first-order chi connectivity index (χ1) is 18.2. The lowest BCUT2D eigenvalue weighted by molar-refractivity contribution is 0.465. The number of pyridine rings is 3. The predicted octanol–water partition coefficient (Wildman–Crippen LogP) is 7.63. The Labute approximate surface area is 220 Å². The molecule has 0 aliphatic rings. The molecule has 0 bridgehead atoms. The Morgan fingerprint density at radius 3 is 2.47 bits per heavy atom. The summed E-state index contributed by atoms with van der Waals surface area (Å²) in [6.45, 7) is 10.8. The molecule has 0 amide bonds. The number of aromatic nitrogens is 4.